The number of halogens is 2. The van der Waals surface area contributed by atoms with Crippen molar-refractivity contribution in [3.8, 4) is 5.75 Å². The molecule has 0 saturated heterocycles. The van der Waals surface area contributed by atoms with Gasteiger partial charge in [-0.05, 0) is 54.0 Å². The molecule has 2 aromatic rings. The zero-order chi connectivity index (χ0) is 16.8. The fraction of sp³-hybridized carbons (Fsp3) is 0.278. The first-order valence-corrected chi connectivity index (χ1v) is 9.90. The highest BCUT2D eigenvalue weighted by Crippen LogP contribution is 2.29. The molecule has 0 aliphatic heterocycles. The third-order valence-electron chi connectivity index (χ3n) is 3.50. The molecule has 0 amide bonds. The third-order valence-corrected chi connectivity index (χ3v) is 5.69. The lowest BCUT2D eigenvalue weighted by Crippen LogP contribution is -2.03. The molecule has 0 unspecified atom stereocenters. The number of thioether (sulfide) groups is 1. The summed E-state index contributed by atoms with van der Waals surface area (Å²) in [7, 11) is 1.70. The van der Waals surface area contributed by atoms with E-state index < -0.39 is 0 Å². The topological polar surface area (TPSA) is 9.23 Å². The minimum Gasteiger partial charge on any atom is -0.496 e. The largest absolute Gasteiger partial charge is 0.496 e. The molecule has 0 saturated carbocycles. The van der Waals surface area contributed by atoms with Gasteiger partial charge in [0.05, 0.1) is 11.3 Å². The zero-order valence-electron chi connectivity index (χ0n) is 13.1. The molecule has 0 bridgehead atoms. The summed E-state index contributed by atoms with van der Waals surface area (Å²) < 4.78 is 7.41. The van der Waals surface area contributed by atoms with Crippen molar-refractivity contribution in [3.05, 3.63) is 62.6 Å². The molecule has 5 heteroatoms. The van der Waals surface area contributed by atoms with Crippen LogP contribution in [0.25, 0.3) is 0 Å². The number of rotatable bonds is 6. The fourth-order valence-electron chi connectivity index (χ4n) is 2.42. The molecule has 0 radical (unpaired) electrons. The van der Waals surface area contributed by atoms with Crippen LogP contribution in [0.3, 0.4) is 0 Å². The van der Waals surface area contributed by atoms with E-state index in [1.165, 1.54) is 0 Å². The molecule has 0 aromatic heterocycles. The van der Waals surface area contributed by atoms with Crippen LogP contribution in [0.15, 0.2) is 40.9 Å². The molecule has 0 aliphatic rings. The minimum absolute atomic E-state index is 0.774. The van der Waals surface area contributed by atoms with Gasteiger partial charge in [-0.1, -0.05) is 58.8 Å². The molecular formula is C18H18BrClOS2. The van der Waals surface area contributed by atoms with Gasteiger partial charge in [-0.2, -0.15) is 0 Å². The van der Waals surface area contributed by atoms with Crippen molar-refractivity contribution in [2.24, 2.45) is 0 Å². The number of aryl methyl sites for hydroxylation is 1. The van der Waals surface area contributed by atoms with Crippen LogP contribution in [0, 0.1) is 0 Å². The first-order chi connectivity index (χ1) is 11.1. The summed E-state index contributed by atoms with van der Waals surface area (Å²) in [5, 5.41) is 0.774. The van der Waals surface area contributed by atoms with E-state index in [1.54, 1.807) is 18.9 Å². The maximum absolute atomic E-state index is 6.44. The Labute approximate surface area is 160 Å². The Bertz CT molecular complexity index is 703. The van der Waals surface area contributed by atoms with Gasteiger partial charge in [0, 0.05) is 15.1 Å². The lowest BCUT2D eigenvalue weighted by Gasteiger charge is -2.14. The number of methoxy groups -OCH3 is 1. The molecule has 23 heavy (non-hydrogen) atoms. The number of hydrogen-bond acceptors (Lipinski definition) is 3. The van der Waals surface area contributed by atoms with E-state index in [0.29, 0.717) is 0 Å². The summed E-state index contributed by atoms with van der Waals surface area (Å²) in [5.41, 5.74) is 3.34. The number of ether oxygens (including phenoxy) is 1. The maximum atomic E-state index is 6.44. The SMILES string of the molecule is CCSC(=S)c1cccc(Cl)c1CCc1cc(Br)ccc1OC. The average molecular weight is 430 g/mol. The van der Waals surface area contributed by atoms with Crippen LogP contribution in [0.2, 0.25) is 5.02 Å². The van der Waals surface area contributed by atoms with Gasteiger partial charge in [-0.3, -0.25) is 0 Å². The summed E-state index contributed by atoms with van der Waals surface area (Å²) in [6.45, 7) is 2.10. The van der Waals surface area contributed by atoms with Gasteiger partial charge in [0.2, 0.25) is 0 Å². The second-order valence-corrected chi connectivity index (χ2v) is 8.21. The highest BCUT2D eigenvalue weighted by atomic mass is 79.9. The van der Waals surface area contributed by atoms with Gasteiger partial charge < -0.3 is 4.74 Å². The van der Waals surface area contributed by atoms with Crippen LogP contribution >= 0.6 is 51.5 Å². The predicted octanol–water partition coefficient (Wildman–Crippen LogP) is 6.32. The lowest BCUT2D eigenvalue weighted by molar-refractivity contribution is 0.409. The summed E-state index contributed by atoms with van der Waals surface area (Å²) in [5.74, 6) is 1.86. The smallest absolute Gasteiger partial charge is 0.122 e. The van der Waals surface area contributed by atoms with Crippen LogP contribution in [0.5, 0.6) is 5.75 Å². The average Bonchev–Trinajstić information content (AvgIpc) is 2.54. The molecule has 122 valence electrons. The van der Waals surface area contributed by atoms with E-state index in [4.69, 9.17) is 28.6 Å². The van der Waals surface area contributed by atoms with Gasteiger partial charge in [-0.25, -0.2) is 0 Å². The summed E-state index contributed by atoms with van der Waals surface area (Å²) in [6.07, 6.45) is 1.67. The molecule has 0 atom stereocenters. The van der Waals surface area contributed by atoms with Crippen LogP contribution in [0.4, 0.5) is 0 Å². The van der Waals surface area contributed by atoms with E-state index in [1.807, 2.05) is 24.3 Å². The molecule has 0 aliphatic carbocycles. The Balaban J connectivity index is 2.27. The van der Waals surface area contributed by atoms with E-state index in [-0.39, 0.29) is 0 Å². The van der Waals surface area contributed by atoms with E-state index >= 15 is 0 Å². The van der Waals surface area contributed by atoms with E-state index in [0.717, 1.165) is 54.7 Å². The molecular weight excluding hydrogens is 412 g/mol. The van der Waals surface area contributed by atoms with Gasteiger partial charge in [-0.15, -0.1) is 11.8 Å². The van der Waals surface area contributed by atoms with E-state index in [2.05, 4.69) is 35.0 Å². The highest BCUT2D eigenvalue weighted by molar-refractivity contribution is 9.10. The summed E-state index contributed by atoms with van der Waals surface area (Å²) in [4.78, 5) is 0. The molecule has 0 heterocycles. The van der Waals surface area contributed by atoms with Crippen LogP contribution in [0.1, 0.15) is 23.6 Å². The Morgan fingerprint density at radius 1 is 1.26 bits per heavy atom. The quantitative estimate of drug-likeness (QED) is 0.497. The maximum Gasteiger partial charge on any atom is 0.122 e. The normalized spacial score (nSPS) is 10.6. The fourth-order valence-corrected chi connectivity index (χ4v) is 4.25. The second kappa shape index (κ2) is 9.07. The molecule has 2 aromatic carbocycles. The summed E-state index contributed by atoms with van der Waals surface area (Å²) >= 11 is 17.2. The standard InChI is InChI=1S/C18H18BrClOS2/c1-3-23-18(22)15-5-4-6-16(20)14(15)9-7-12-11-13(19)8-10-17(12)21-2/h4-6,8,10-11H,3,7,9H2,1-2H3. The first kappa shape index (κ1) is 18.8. The Morgan fingerprint density at radius 3 is 2.74 bits per heavy atom. The first-order valence-electron chi connectivity index (χ1n) is 7.33. The molecule has 0 N–H and O–H groups in total. The second-order valence-electron chi connectivity index (χ2n) is 4.94. The van der Waals surface area contributed by atoms with Crippen molar-refractivity contribution in [2.45, 2.75) is 19.8 Å². The summed E-state index contributed by atoms with van der Waals surface area (Å²) in [6, 6.07) is 12.0. The van der Waals surface area contributed by atoms with Gasteiger partial charge in [0.25, 0.3) is 0 Å². The Hall–Kier alpha value is -0.550. The van der Waals surface area contributed by atoms with Crippen LogP contribution < -0.4 is 4.74 Å². The monoisotopic (exact) mass is 428 g/mol. The highest BCUT2D eigenvalue weighted by Gasteiger charge is 2.13. The van der Waals surface area contributed by atoms with Crippen molar-refractivity contribution in [2.75, 3.05) is 12.9 Å². The molecule has 1 nitrogen and oxygen atoms in total. The van der Waals surface area contributed by atoms with Gasteiger partial charge in [0.15, 0.2) is 0 Å². The minimum atomic E-state index is 0.774. The predicted molar refractivity (Wildman–Crippen MR) is 109 cm³/mol. The van der Waals surface area contributed by atoms with Gasteiger partial charge in [0.1, 0.15) is 5.75 Å². The lowest BCUT2D eigenvalue weighted by atomic mass is 10.00. The van der Waals surface area contributed by atoms with Crippen molar-refractivity contribution >= 4 is 55.7 Å². The Kier molecular flexibility index (Phi) is 7.41. The molecule has 0 fully saturated rings. The van der Waals surface area contributed by atoms with E-state index in [9.17, 15) is 0 Å². The van der Waals surface area contributed by atoms with Crippen LogP contribution in [-0.2, 0) is 12.8 Å². The zero-order valence-corrected chi connectivity index (χ0v) is 17.0. The number of thiocarbonyl (C=S) groups is 1. The molecule has 0 spiro atoms. The van der Waals surface area contributed by atoms with Crippen molar-refractivity contribution in [1.29, 1.82) is 0 Å². The molecule has 2 rings (SSSR count). The van der Waals surface area contributed by atoms with Crippen molar-refractivity contribution in [1.82, 2.24) is 0 Å². The van der Waals surface area contributed by atoms with Crippen molar-refractivity contribution in [3.63, 3.8) is 0 Å². The van der Waals surface area contributed by atoms with Crippen molar-refractivity contribution < 1.29 is 4.74 Å². The number of hydrogen-bond donors (Lipinski definition) is 0. The number of benzene rings is 2. The Morgan fingerprint density at radius 2 is 2.04 bits per heavy atom. The third kappa shape index (κ3) is 4.96. The van der Waals surface area contributed by atoms with Gasteiger partial charge >= 0.3 is 0 Å². The van der Waals surface area contributed by atoms with Crippen LogP contribution in [-0.4, -0.2) is 17.1 Å².